The molecule has 2 rings (SSSR count). The summed E-state index contributed by atoms with van der Waals surface area (Å²) in [5.41, 5.74) is 0. The Morgan fingerprint density at radius 2 is 2.33 bits per heavy atom. The fourth-order valence-corrected chi connectivity index (χ4v) is 1.71. The number of carbonyl (C=O) groups is 2. The standard InChI is InChI=1S/C12H13NO5/c14-11(4-3-9-2-1-6-18-9)13-5-7-17-8-10(13)12(15)16/h1-4,6,10H,5,7-8H2,(H,15,16). The molecular formula is C12H13NO5. The number of nitrogens with zero attached hydrogens (tertiary/aromatic N) is 1. The lowest BCUT2D eigenvalue weighted by molar-refractivity contribution is -0.156. The SMILES string of the molecule is O=C(O)C1COCCN1C(=O)C=Cc1ccco1. The molecule has 0 bridgehead atoms. The molecule has 1 unspecified atom stereocenters. The van der Waals surface area contributed by atoms with E-state index in [4.69, 9.17) is 14.3 Å². The number of amides is 1. The van der Waals surface area contributed by atoms with E-state index in [9.17, 15) is 9.59 Å². The van der Waals surface area contributed by atoms with Crippen LogP contribution in [0, 0.1) is 0 Å². The minimum Gasteiger partial charge on any atom is -0.480 e. The van der Waals surface area contributed by atoms with Crippen molar-refractivity contribution >= 4 is 18.0 Å². The molecule has 6 nitrogen and oxygen atoms in total. The number of carbonyl (C=O) groups excluding carboxylic acids is 1. The Labute approximate surface area is 103 Å². The Bertz CT molecular complexity index is 451. The van der Waals surface area contributed by atoms with Crippen molar-refractivity contribution in [2.45, 2.75) is 6.04 Å². The molecule has 0 aliphatic carbocycles. The Morgan fingerprint density at radius 1 is 1.50 bits per heavy atom. The number of morpholine rings is 1. The molecule has 1 fully saturated rings. The van der Waals surface area contributed by atoms with Crippen LogP contribution in [0.2, 0.25) is 0 Å². The van der Waals surface area contributed by atoms with E-state index in [2.05, 4.69) is 0 Å². The molecule has 0 aromatic carbocycles. The van der Waals surface area contributed by atoms with E-state index in [1.54, 1.807) is 12.1 Å². The summed E-state index contributed by atoms with van der Waals surface area (Å²) in [6.45, 7) is 0.651. The van der Waals surface area contributed by atoms with Crippen molar-refractivity contribution in [1.82, 2.24) is 4.90 Å². The van der Waals surface area contributed by atoms with E-state index < -0.39 is 12.0 Å². The first kappa shape index (κ1) is 12.4. The molecule has 1 amide bonds. The van der Waals surface area contributed by atoms with Crippen molar-refractivity contribution < 1.29 is 23.8 Å². The summed E-state index contributed by atoms with van der Waals surface area (Å²) in [6.07, 6.45) is 4.32. The molecular weight excluding hydrogens is 238 g/mol. The number of hydrogen-bond donors (Lipinski definition) is 1. The van der Waals surface area contributed by atoms with Crippen molar-refractivity contribution in [2.24, 2.45) is 0 Å². The van der Waals surface area contributed by atoms with Crippen molar-refractivity contribution in [1.29, 1.82) is 0 Å². The summed E-state index contributed by atoms with van der Waals surface area (Å²) in [5, 5.41) is 8.99. The first-order chi connectivity index (χ1) is 8.68. The van der Waals surface area contributed by atoms with Gasteiger partial charge in [-0.1, -0.05) is 0 Å². The smallest absolute Gasteiger partial charge is 0.328 e. The third-order valence-corrected chi connectivity index (χ3v) is 2.63. The maximum Gasteiger partial charge on any atom is 0.328 e. The highest BCUT2D eigenvalue weighted by molar-refractivity contribution is 5.94. The van der Waals surface area contributed by atoms with E-state index in [0.29, 0.717) is 12.4 Å². The van der Waals surface area contributed by atoms with Gasteiger partial charge < -0.3 is 19.2 Å². The number of carboxylic acids is 1. The van der Waals surface area contributed by atoms with Gasteiger partial charge in [-0.15, -0.1) is 0 Å². The normalized spacial score (nSPS) is 20.2. The third-order valence-electron chi connectivity index (χ3n) is 2.63. The largest absolute Gasteiger partial charge is 0.480 e. The number of hydrogen-bond acceptors (Lipinski definition) is 4. The number of carboxylic acid groups (broad SMARTS) is 1. The van der Waals surface area contributed by atoms with Crippen LogP contribution in [0.1, 0.15) is 5.76 Å². The number of ether oxygens (including phenoxy) is 1. The lowest BCUT2D eigenvalue weighted by Gasteiger charge is -2.31. The van der Waals surface area contributed by atoms with Crippen LogP contribution in [0.25, 0.3) is 6.08 Å². The van der Waals surface area contributed by atoms with Crippen LogP contribution in [0.5, 0.6) is 0 Å². The molecule has 18 heavy (non-hydrogen) atoms. The van der Waals surface area contributed by atoms with E-state index in [-0.39, 0.29) is 19.1 Å². The maximum atomic E-state index is 11.9. The van der Waals surface area contributed by atoms with Crippen LogP contribution < -0.4 is 0 Å². The molecule has 0 spiro atoms. The summed E-state index contributed by atoms with van der Waals surface area (Å²) in [4.78, 5) is 24.2. The van der Waals surface area contributed by atoms with Gasteiger partial charge in [-0.2, -0.15) is 0 Å². The zero-order valence-corrected chi connectivity index (χ0v) is 9.61. The van der Waals surface area contributed by atoms with Crippen LogP contribution in [0.4, 0.5) is 0 Å². The molecule has 0 saturated carbocycles. The second kappa shape index (κ2) is 5.50. The van der Waals surface area contributed by atoms with E-state index in [1.165, 1.54) is 23.3 Å². The number of rotatable bonds is 3. The highest BCUT2D eigenvalue weighted by Gasteiger charge is 2.31. The molecule has 96 valence electrons. The summed E-state index contributed by atoms with van der Waals surface area (Å²) in [5.74, 6) is -0.875. The highest BCUT2D eigenvalue weighted by atomic mass is 16.5. The minimum absolute atomic E-state index is 0.0235. The van der Waals surface area contributed by atoms with Crippen LogP contribution >= 0.6 is 0 Å². The number of furan rings is 1. The van der Waals surface area contributed by atoms with Crippen molar-refractivity contribution in [2.75, 3.05) is 19.8 Å². The lowest BCUT2D eigenvalue weighted by Crippen LogP contribution is -2.52. The zero-order chi connectivity index (χ0) is 13.0. The van der Waals surface area contributed by atoms with Crippen LogP contribution in [0.3, 0.4) is 0 Å². The molecule has 6 heteroatoms. The maximum absolute atomic E-state index is 11.9. The molecule has 1 aliphatic heterocycles. The van der Waals surface area contributed by atoms with Crippen LogP contribution in [-0.4, -0.2) is 47.7 Å². The number of aliphatic carboxylic acids is 1. The van der Waals surface area contributed by atoms with E-state index >= 15 is 0 Å². The first-order valence-electron chi connectivity index (χ1n) is 5.51. The van der Waals surface area contributed by atoms with Crippen molar-refractivity contribution in [3.8, 4) is 0 Å². The minimum atomic E-state index is -1.06. The molecule has 1 N–H and O–H groups in total. The molecule has 1 aliphatic rings. The van der Waals surface area contributed by atoms with E-state index in [0.717, 1.165) is 0 Å². The highest BCUT2D eigenvalue weighted by Crippen LogP contribution is 2.09. The van der Waals surface area contributed by atoms with Gasteiger partial charge in [0.15, 0.2) is 6.04 Å². The Balaban J connectivity index is 2.04. The Morgan fingerprint density at radius 3 is 3.00 bits per heavy atom. The average Bonchev–Trinajstić information content (AvgIpc) is 2.89. The van der Waals surface area contributed by atoms with Crippen molar-refractivity contribution in [3.63, 3.8) is 0 Å². The van der Waals surface area contributed by atoms with Gasteiger partial charge in [0.1, 0.15) is 5.76 Å². The predicted molar refractivity (Wildman–Crippen MR) is 61.7 cm³/mol. The average molecular weight is 251 g/mol. The summed E-state index contributed by atoms with van der Waals surface area (Å²) < 4.78 is 10.1. The quantitative estimate of drug-likeness (QED) is 0.796. The zero-order valence-electron chi connectivity index (χ0n) is 9.61. The monoisotopic (exact) mass is 251 g/mol. The first-order valence-corrected chi connectivity index (χ1v) is 5.51. The molecule has 1 aromatic rings. The van der Waals surface area contributed by atoms with E-state index in [1.807, 2.05) is 0 Å². The Kier molecular flexibility index (Phi) is 3.78. The van der Waals surface area contributed by atoms with Gasteiger partial charge in [-0.05, 0) is 18.2 Å². The van der Waals surface area contributed by atoms with Gasteiger partial charge in [-0.25, -0.2) is 4.79 Å². The molecule has 1 saturated heterocycles. The van der Waals surface area contributed by atoms with Gasteiger partial charge in [0.2, 0.25) is 5.91 Å². The fourth-order valence-electron chi connectivity index (χ4n) is 1.71. The van der Waals surface area contributed by atoms with Gasteiger partial charge in [-0.3, -0.25) is 4.79 Å². The molecule has 1 atom stereocenters. The molecule has 1 aromatic heterocycles. The van der Waals surface area contributed by atoms with Crippen molar-refractivity contribution in [3.05, 3.63) is 30.2 Å². The lowest BCUT2D eigenvalue weighted by atomic mass is 10.2. The summed E-state index contributed by atoms with van der Waals surface area (Å²) >= 11 is 0. The summed E-state index contributed by atoms with van der Waals surface area (Å²) in [6, 6.07) is 2.49. The van der Waals surface area contributed by atoms with Gasteiger partial charge in [0, 0.05) is 12.6 Å². The van der Waals surface area contributed by atoms with Crippen LogP contribution in [-0.2, 0) is 14.3 Å². The molecule has 0 radical (unpaired) electrons. The third kappa shape index (κ3) is 2.78. The van der Waals surface area contributed by atoms with Crippen LogP contribution in [0.15, 0.2) is 28.9 Å². The van der Waals surface area contributed by atoms with Gasteiger partial charge >= 0.3 is 5.97 Å². The van der Waals surface area contributed by atoms with Gasteiger partial charge in [0.25, 0.3) is 0 Å². The summed E-state index contributed by atoms with van der Waals surface area (Å²) in [7, 11) is 0. The topological polar surface area (TPSA) is 80.0 Å². The van der Waals surface area contributed by atoms with Gasteiger partial charge in [0.05, 0.1) is 19.5 Å². The fraction of sp³-hybridized carbons (Fsp3) is 0.333. The molecule has 2 heterocycles. The second-order valence-corrected chi connectivity index (χ2v) is 3.81. The second-order valence-electron chi connectivity index (χ2n) is 3.81. The Hall–Kier alpha value is -2.08. The predicted octanol–water partition coefficient (Wildman–Crippen LogP) is 0.605.